The third-order valence-corrected chi connectivity index (χ3v) is 5.57. The fourth-order valence-corrected chi connectivity index (χ4v) is 4.43. The van der Waals surface area contributed by atoms with Gasteiger partial charge in [-0.05, 0) is 51.3 Å². The van der Waals surface area contributed by atoms with Crippen LogP contribution in [0.2, 0.25) is 0 Å². The zero-order valence-electron chi connectivity index (χ0n) is 13.3. The normalized spacial score (nSPS) is 24.1. The van der Waals surface area contributed by atoms with E-state index in [4.69, 9.17) is 5.84 Å². The molecule has 0 amide bonds. The van der Waals surface area contributed by atoms with Crippen molar-refractivity contribution in [2.24, 2.45) is 5.84 Å². The number of hydrogen-bond acceptors (Lipinski definition) is 3. The van der Waals surface area contributed by atoms with E-state index in [9.17, 15) is 0 Å². The number of rotatable bonds is 4. The van der Waals surface area contributed by atoms with Gasteiger partial charge in [-0.25, -0.2) is 0 Å². The molecule has 3 nitrogen and oxygen atoms in total. The molecule has 1 unspecified atom stereocenters. The summed E-state index contributed by atoms with van der Waals surface area (Å²) in [6.45, 7) is 4.62. The zero-order valence-corrected chi connectivity index (χ0v) is 13.3. The highest BCUT2D eigenvalue weighted by atomic mass is 15.3. The maximum atomic E-state index is 6.04. The number of nitrogens with two attached hydrogens (primary N) is 1. The molecule has 1 aliphatic heterocycles. The van der Waals surface area contributed by atoms with Crippen molar-refractivity contribution in [3.63, 3.8) is 0 Å². The van der Waals surface area contributed by atoms with E-state index in [1.54, 1.807) is 0 Å². The van der Waals surface area contributed by atoms with Gasteiger partial charge in [-0.1, -0.05) is 49.1 Å². The van der Waals surface area contributed by atoms with Crippen molar-refractivity contribution in [2.45, 2.75) is 63.5 Å². The predicted molar refractivity (Wildman–Crippen MR) is 87.9 cm³/mol. The molecule has 0 spiro atoms. The Balaban J connectivity index is 1.91. The van der Waals surface area contributed by atoms with Gasteiger partial charge >= 0.3 is 0 Å². The monoisotopic (exact) mass is 287 g/mol. The molecule has 1 saturated carbocycles. The van der Waals surface area contributed by atoms with E-state index < -0.39 is 0 Å². The highest BCUT2D eigenvalue weighted by Crippen LogP contribution is 2.45. The number of likely N-dealkylation sites (tertiary alicyclic amines) is 1. The van der Waals surface area contributed by atoms with Gasteiger partial charge in [0.1, 0.15) is 0 Å². The van der Waals surface area contributed by atoms with Crippen molar-refractivity contribution in [2.75, 3.05) is 13.1 Å². The van der Waals surface area contributed by atoms with E-state index in [-0.39, 0.29) is 11.6 Å². The third-order valence-electron chi connectivity index (χ3n) is 5.57. The molecule has 1 atom stereocenters. The van der Waals surface area contributed by atoms with Gasteiger partial charge in [0.05, 0.1) is 6.04 Å². The van der Waals surface area contributed by atoms with Crippen LogP contribution in [0.4, 0.5) is 0 Å². The molecule has 1 saturated heterocycles. The van der Waals surface area contributed by atoms with Gasteiger partial charge in [-0.15, -0.1) is 0 Å². The lowest BCUT2D eigenvalue weighted by Gasteiger charge is -2.48. The number of hydrogen-bond donors (Lipinski definition) is 2. The summed E-state index contributed by atoms with van der Waals surface area (Å²) in [5.74, 6) is 6.04. The van der Waals surface area contributed by atoms with E-state index in [1.807, 2.05) is 0 Å². The molecule has 3 heteroatoms. The molecule has 1 heterocycles. The molecule has 21 heavy (non-hydrogen) atoms. The van der Waals surface area contributed by atoms with Crippen molar-refractivity contribution in [3.05, 3.63) is 35.4 Å². The lowest BCUT2D eigenvalue weighted by Crippen LogP contribution is -2.57. The quantitative estimate of drug-likeness (QED) is 0.659. The van der Waals surface area contributed by atoms with Crippen LogP contribution in [0.5, 0.6) is 0 Å². The van der Waals surface area contributed by atoms with E-state index >= 15 is 0 Å². The van der Waals surface area contributed by atoms with Crippen LogP contribution in [0.3, 0.4) is 0 Å². The SMILES string of the molecule is Cc1ccc(C(NN)C2(N3CCCCC3)CCCC2)cc1. The van der Waals surface area contributed by atoms with Gasteiger partial charge in [0.25, 0.3) is 0 Å². The number of benzene rings is 1. The van der Waals surface area contributed by atoms with Crippen LogP contribution < -0.4 is 11.3 Å². The first-order valence-corrected chi connectivity index (χ1v) is 8.54. The van der Waals surface area contributed by atoms with Gasteiger partial charge < -0.3 is 0 Å². The van der Waals surface area contributed by atoms with Crippen LogP contribution in [0, 0.1) is 6.92 Å². The Morgan fingerprint density at radius 1 is 1.00 bits per heavy atom. The Hall–Kier alpha value is -0.900. The second kappa shape index (κ2) is 6.47. The number of aryl methyl sites for hydroxylation is 1. The molecule has 2 fully saturated rings. The summed E-state index contributed by atoms with van der Waals surface area (Å²) < 4.78 is 0. The molecule has 3 N–H and O–H groups in total. The number of piperidine rings is 1. The second-order valence-electron chi connectivity index (χ2n) is 6.87. The second-order valence-corrected chi connectivity index (χ2v) is 6.87. The molecule has 1 aliphatic carbocycles. The first kappa shape index (κ1) is 15.0. The van der Waals surface area contributed by atoms with E-state index in [0.29, 0.717) is 0 Å². The Bertz CT molecular complexity index is 442. The summed E-state index contributed by atoms with van der Waals surface area (Å²) in [6.07, 6.45) is 9.28. The molecule has 116 valence electrons. The molecule has 0 bridgehead atoms. The molecular formula is C18H29N3. The standard InChI is InChI=1S/C18H29N3/c1-15-7-9-16(10-8-15)17(20-19)18(11-3-4-12-18)21-13-5-2-6-14-21/h7-10,17,20H,2-6,11-14,19H2,1H3. The van der Waals surface area contributed by atoms with E-state index in [1.165, 1.54) is 69.2 Å². The summed E-state index contributed by atoms with van der Waals surface area (Å²) >= 11 is 0. The average Bonchev–Trinajstić information content (AvgIpc) is 3.01. The molecule has 3 rings (SSSR count). The van der Waals surface area contributed by atoms with Crippen LogP contribution >= 0.6 is 0 Å². The lowest BCUT2D eigenvalue weighted by atomic mass is 9.81. The van der Waals surface area contributed by atoms with Crippen molar-refractivity contribution in [1.82, 2.24) is 10.3 Å². The first-order valence-electron chi connectivity index (χ1n) is 8.54. The van der Waals surface area contributed by atoms with Crippen molar-refractivity contribution < 1.29 is 0 Å². The maximum absolute atomic E-state index is 6.04. The zero-order chi connectivity index (χ0) is 14.7. The van der Waals surface area contributed by atoms with Crippen LogP contribution in [0.25, 0.3) is 0 Å². The highest BCUT2D eigenvalue weighted by Gasteiger charge is 2.46. The van der Waals surface area contributed by atoms with Crippen LogP contribution in [0.1, 0.15) is 62.1 Å². The molecular weight excluding hydrogens is 258 g/mol. The fourth-order valence-electron chi connectivity index (χ4n) is 4.43. The molecule has 0 aromatic heterocycles. The predicted octanol–water partition coefficient (Wildman–Crippen LogP) is 3.30. The molecule has 2 aliphatic rings. The highest BCUT2D eigenvalue weighted by molar-refractivity contribution is 5.28. The Morgan fingerprint density at radius 3 is 2.19 bits per heavy atom. The summed E-state index contributed by atoms with van der Waals surface area (Å²) in [6, 6.07) is 9.17. The van der Waals surface area contributed by atoms with Crippen molar-refractivity contribution in [3.8, 4) is 0 Å². The first-order chi connectivity index (χ1) is 10.3. The van der Waals surface area contributed by atoms with Gasteiger partial charge in [-0.2, -0.15) is 0 Å². The maximum Gasteiger partial charge on any atom is 0.0643 e. The topological polar surface area (TPSA) is 41.3 Å². The summed E-state index contributed by atoms with van der Waals surface area (Å²) in [7, 11) is 0. The van der Waals surface area contributed by atoms with E-state index in [0.717, 1.165) is 0 Å². The number of hydrazine groups is 1. The summed E-state index contributed by atoms with van der Waals surface area (Å²) in [4.78, 5) is 2.74. The van der Waals surface area contributed by atoms with Gasteiger partial charge in [0.2, 0.25) is 0 Å². The average molecular weight is 287 g/mol. The summed E-state index contributed by atoms with van der Waals surface area (Å²) in [5.41, 5.74) is 6.06. The van der Waals surface area contributed by atoms with Gasteiger partial charge in [-0.3, -0.25) is 16.2 Å². The van der Waals surface area contributed by atoms with Crippen LogP contribution in [-0.2, 0) is 0 Å². The fraction of sp³-hybridized carbons (Fsp3) is 0.667. The largest absolute Gasteiger partial charge is 0.296 e. The van der Waals surface area contributed by atoms with E-state index in [2.05, 4.69) is 41.5 Å². The van der Waals surface area contributed by atoms with Crippen molar-refractivity contribution >= 4 is 0 Å². The Labute approximate surface area is 128 Å². The third kappa shape index (κ3) is 2.87. The number of nitrogens with zero attached hydrogens (tertiary/aromatic N) is 1. The minimum atomic E-state index is 0.227. The minimum Gasteiger partial charge on any atom is -0.296 e. The van der Waals surface area contributed by atoms with Crippen molar-refractivity contribution in [1.29, 1.82) is 0 Å². The van der Waals surface area contributed by atoms with Crippen LogP contribution in [-0.4, -0.2) is 23.5 Å². The van der Waals surface area contributed by atoms with Crippen LogP contribution in [0.15, 0.2) is 24.3 Å². The van der Waals surface area contributed by atoms with Gasteiger partial charge in [0.15, 0.2) is 0 Å². The Kier molecular flexibility index (Phi) is 4.63. The molecule has 1 aromatic rings. The summed E-state index contributed by atoms with van der Waals surface area (Å²) in [5, 5.41) is 0. The lowest BCUT2D eigenvalue weighted by molar-refractivity contribution is 0.0360. The molecule has 0 radical (unpaired) electrons. The molecule has 1 aromatic carbocycles. The minimum absolute atomic E-state index is 0.227. The Morgan fingerprint density at radius 2 is 1.62 bits per heavy atom. The smallest absolute Gasteiger partial charge is 0.0643 e. The number of nitrogens with one attached hydrogen (secondary N) is 1. The van der Waals surface area contributed by atoms with Gasteiger partial charge in [0, 0.05) is 5.54 Å².